The molecule has 1 aliphatic heterocycles. The zero-order valence-electron chi connectivity index (χ0n) is 30.9. The van der Waals surface area contributed by atoms with Crippen molar-refractivity contribution < 1.29 is 56.9 Å². The van der Waals surface area contributed by atoms with Crippen molar-refractivity contribution in [3.8, 4) is 11.1 Å². The molecule has 13 heteroatoms. The van der Waals surface area contributed by atoms with E-state index in [2.05, 4.69) is 24.3 Å². The van der Waals surface area contributed by atoms with E-state index in [9.17, 15) is 4.79 Å². The molecular weight excluding hydrogens is 674 g/mol. The fourth-order valence-corrected chi connectivity index (χ4v) is 5.72. The second-order valence-corrected chi connectivity index (χ2v) is 12.3. The summed E-state index contributed by atoms with van der Waals surface area (Å²) in [6, 6.07) is 16.6. The molecule has 1 atom stereocenters. The number of fused-ring (bicyclic) bond motifs is 3. The summed E-state index contributed by atoms with van der Waals surface area (Å²) >= 11 is 0. The van der Waals surface area contributed by atoms with Crippen molar-refractivity contribution in [2.45, 2.75) is 31.5 Å². The summed E-state index contributed by atoms with van der Waals surface area (Å²) in [6.07, 6.45) is 2.81. The Bertz CT molecular complexity index is 1170. The molecule has 2 aromatic carbocycles. The Morgan fingerprint density at radius 3 is 1.46 bits per heavy atom. The Hall–Kier alpha value is -2.69. The number of benzene rings is 2. The molecule has 0 N–H and O–H groups in total. The highest BCUT2D eigenvalue weighted by atomic mass is 16.7. The van der Waals surface area contributed by atoms with Gasteiger partial charge in [0, 0.05) is 26.1 Å². The number of rotatable bonds is 30. The van der Waals surface area contributed by atoms with Crippen molar-refractivity contribution in [3.63, 3.8) is 0 Å². The van der Waals surface area contributed by atoms with E-state index >= 15 is 0 Å². The van der Waals surface area contributed by atoms with Crippen LogP contribution in [0.1, 0.15) is 36.3 Å². The fraction of sp³-hybridized carbons (Fsp3) is 0.667. The smallest absolute Gasteiger partial charge is 0.409 e. The van der Waals surface area contributed by atoms with E-state index in [1.807, 2.05) is 24.3 Å². The van der Waals surface area contributed by atoms with Crippen LogP contribution in [0.25, 0.3) is 11.1 Å². The van der Waals surface area contributed by atoms with Crippen LogP contribution in [0.3, 0.4) is 0 Å². The Morgan fingerprint density at radius 1 is 0.596 bits per heavy atom. The maximum absolute atomic E-state index is 12.6. The van der Waals surface area contributed by atoms with Crippen LogP contribution in [-0.4, -0.2) is 156 Å². The van der Waals surface area contributed by atoms with E-state index in [4.69, 9.17) is 52.1 Å². The summed E-state index contributed by atoms with van der Waals surface area (Å²) < 4.78 is 61.0. The first-order valence-electron chi connectivity index (χ1n) is 18.7. The molecule has 0 bridgehead atoms. The normalized spacial score (nSPS) is 15.4. The van der Waals surface area contributed by atoms with Crippen molar-refractivity contribution in [3.05, 3.63) is 59.7 Å². The highest BCUT2D eigenvalue weighted by Crippen LogP contribution is 2.44. The van der Waals surface area contributed by atoms with Gasteiger partial charge < -0.3 is 57.0 Å². The summed E-state index contributed by atoms with van der Waals surface area (Å²) in [4.78, 5) is 14.1. The van der Waals surface area contributed by atoms with E-state index < -0.39 is 0 Å². The van der Waals surface area contributed by atoms with Crippen molar-refractivity contribution >= 4 is 6.09 Å². The maximum Gasteiger partial charge on any atom is 0.409 e. The molecule has 0 saturated carbocycles. The first-order chi connectivity index (χ1) is 25.7. The molecule has 0 radical (unpaired) electrons. The predicted octanol–water partition coefficient (Wildman–Crippen LogP) is 4.54. The van der Waals surface area contributed by atoms with E-state index in [0.29, 0.717) is 125 Å². The van der Waals surface area contributed by atoms with Gasteiger partial charge in [-0.15, -0.1) is 0 Å². The van der Waals surface area contributed by atoms with E-state index in [1.54, 1.807) is 7.05 Å². The molecule has 13 nitrogen and oxygen atoms in total. The van der Waals surface area contributed by atoms with Crippen molar-refractivity contribution in [2.75, 3.05) is 139 Å². The van der Waals surface area contributed by atoms with Crippen LogP contribution in [0.4, 0.5) is 4.79 Å². The average Bonchev–Trinajstić information content (AvgIpc) is 3.50. The molecule has 2 aliphatic rings. The van der Waals surface area contributed by atoms with Crippen molar-refractivity contribution in [1.82, 2.24) is 4.90 Å². The lowest BCUT2D eigenvalue weighted by atomic mass is 9.98. The summed E-state index contributed by atoms with van der Waals surface area (Å²) in [6.45, 7) is 9.89. The first kappa shape index (κ1) is 42.1. The minimum atomic E-state index is -0.362. The van der Waals surface area contributed by atoms with Gasteiger partial charge in [-0.05, 0) is 41.5 Å². The molecule has 1 unspecified atom stereocenters. The molecule has 4 rings (SSSR count). The molecule has 1 amide bonds. The molecule has 52 heavy (non-hydrogen) atoms. The summed E-state index contributed by atoms with van der Waals surface area (Å²) in [5.41, 5.74) is 4.80. The van der Waals surface area contributed by atoms with Crippen LogP contribution in [0, 0.1) is 0 Å². The number of likely N-dealkylation sites (N-methyl/N-ethyl adjacent to an activating group) is 1. The van der Waals surface area contributed by atoms with Gasteiger partial charge in [-0.2, -0.15) is 0 Å². The largest absolute Gasteiger partial charge is 0.448 e. The zero-order valence-corrected chi connectivity index (χ0v) is 30.9. The van der Waals surface area contributed by atoms with Gasteiger partial charge in [0.1, 0.15) is 6.61 Å². The standard InChI is InChI=1S/C39H59NO12/c1-40(39(41)52-32-37-35-10-4-2-8-33(35)34-9-3-5-11-36(34)37)13-15-42-16-17-43-18-19-44-20-21-45-22-23-46-24-25-47-26-27-48-28-29-49-30-31-51-38-12-6-7-14-50-38/h2-5,8-11,37-38H,6-7,12-32H2,1H3. The SMILES string of the molecule is CN(CCOCCOCCOCCOCCOCCOCCOCCOCCOC1CCCCO1)C(=O)OCC1c2ccccc2-c2ccccc21. The van der Waals surface area contributed by atoms with Gasteiger partial charge in [0.25, 0.3) is 0 Å². The van der Waals surface area contributed by atoms with Gasteiger partial charge in [0.15, 0.2) is 6.29 Å². The molecule has 0 spiro atoms. The topological polar surface area (TPSA) is 122 Å². The molecule has 0 aromatic heterocycles. The lowest BCUT2D eigenvalue weighted by Crippen LogP contribution is -2.32. The summed E-state index contributed by atoms with van der Waals surface area (Å²) in [5.74, 6) is 0.0409. The van der Waals surface area contributed by atoms with Gasteiger partial charge in [-0.1, -0.05) is 48.5 Å². The van der Waals surface area contributed by atoms with Crippen molar-refractivity contribution in [1.29, 1.82) is 0 Å². The number of nitrogens with zero attached hydrogens (tertiary/aromatic N) is 1. The van der Waals surface area contributed by atoms with Crippen LogP contribution in [0.5, 0.6) is 0 Å². The fourth-order valence-electron chi connectivity index (χ4n) is 5.72. The minimum Gasteiger partial charge on any atom is -0.448 e. The lowest BCUT2D eigenvalue weighted by Gasteiger charge is -2.22. The van der Waals surface area contributed by atoms with Crippen LogP contribution in [-0.2, 0) is 52.1 Å². The second-order valence-electron chi connectivity index (χ2n) is 12.3. The second kappa shape index (κ2) is 27.0. The van der Waals surface area contributed by atoms with E-state index in [-0.39, 0.29) is 18.3 Å². The van der Waals surface area contributed by atoms with Gasteiger partial charge in [-0.25, -0.2) is 4.79 Å². The monoisotopic (exact) mass is 733 g/mol. The molecule has 1 fully saturated rings. The van der Waals surface area contributed by atoms with Gasteiger partial charge in [0.05, 0.1) is 112 Å². The quantitative estimate of drug-likeness (QED) is 0.105. The van der Waals surface area contributed by atoms with Crippen LogP contribution >= 0.6 is 0 Å². The number of ether oxygens (including phenoxy) is 11. The molecular formula is C39H59NO12. The van der Waals surface area contributed by atoms with E-state index in [0.717, 1.165) is 25.9 Å². The molecule has 2 aromatic rings. The molecule has 1 heterocycles. The Morgan fingerprint density at radius 2 is 1.02 bits per heavy atom. The summed E-state index contributed by atoms with van der Waals surface area (Å²) in [7, 11) is 1.72. The number of hydrogen-bond acceptors (Lipinski definition) is 12. The van der Waals surface area contributed by atoms with Crippen LogP contribution in [0.15, 0.2) is 48.5 Å². The Labute approximate surface area is 309 Å². The maximum atomic E-state index is 12.6. The molecule has 292 valence electrons. The average molecular weight is 734 g/mol. The van der Waals surface area contributed by atoms with Crippen molar-refractivity contribution in [2.24, 2.45) is 0 Å². The van der Waals surface area contributed by atoms with Crippen LogP contribution in [0.2, 0.25) is 0 Å². The summed E-state index contributed by atoms with van der Waals surface area (Å²) in [5, 5.41) is 0. The lowest BCUT2D eigenvalue weighted by molar-refractivity contribution is -0.169. The number of carbonyl (C=O) groups excluding carboxylic acids is 1. The third kappa shape index (κ3) is 16.5. The van der Waals surface area contributed by atoms with Gasteiger partial charge >= 0.3 is 6.09 Å². The Kier molecular flexibility index (Phi) is 21.8. The third-order valence-corrected chi connectivity index (χ3v) is 8.49. The predicted molar refractivity (Wildman–Crippen MR) is 194 cm³/mol. The third-order valence-electron chi connectivity index (χ3n) is 8.49. The highest BCUT2D eigenvalue weighted by Gasteiger charge is 2.29. The zero-order chi connectivity index (χ0) is 36.3. The number of carbonyl (C=O) groups is 1. The number of hydrogen-bond donors (Lipinski definition) is 0. The molecule has 1 aliphatic carbocycles. The Balaban J connectivity index is 0.824. The number of amides is 1. The highest BCUT2D eigenvalue weighted by molar-refractivity contribution is 5.79. The van der Waals surface area contributed by atoms with Crippen LogP contribution < -0.4 is 0 Å². The molecule has 1 saturated heterocycles. The minimum absolute atomic E-state index is 0.0409. The first-order valence-corrected chi connectivity index (χ1v) is 18.7. The van der Waals surface area contributed by atoms with E-state index in [1.165, 1.54) is 27.2 Å². The van der Waals surface area contributed by atoms with Gasteiger partial charge in [-0.3, -0.25) is 0 Å². The van der Waals surface area contributed by atoms with Gasteiger partial charge in [0.2, 0.25) is 0 Å².